The second-order valence-electron chi connectivity index (χ2n) is 7.97. The van der Waals surface area contributed by atoms with E-state index in [0.29, 0.717) is 17.4 Å². The van der Waals surface area contributed by atoms with Crippen molar-refractivity contribution in [2.75, 3.05) is 13.7 Å². The smallest absolute Gasteiger partial charge is 0.410 e. The molecule has 1 fully saturated rings. The number of hydrogen-bond acceptors (Lipinski definition) is 4. The number of aromatic nitrogens is 1. The summed E-state index contributed by atoms with van der Waals surface area (Å²) in [6.45, 7) is 6.00. The quantitative estimate of drug-likeness (QED) is 0.708. The molecule has 1 amide bonds. The summed E-state index contributed by atoms with van der Waals surface area (Å²) in [5.41, 5.74) is 1.15. The minimum absolute atomic E-state index is 0.307. The molecule has 0 saturated heterocycles. The van der Waals surface area contributed by atoms with Crippen LogP contribution in [0.25, 0.3) is 11.1 Å². The maximum absolute atomic E-state index is 12.3. The number of halogens is 1. The minimum Gasteiger partial charge on any atom is -0.490 e. The van der Waals surface area contributed by atoms with Gasteiger partial charge >= 0.3 is 6.09 Å². The third kappa shape index (κ3) is 4.92. The van der Waals surface area contributed by atoms with E-state index < -0.39 is 5.60 Å². The molecule has 1 aromatic carbocycles. The molecule has 5 nitrogen and oxygen atoms in total. The van der Waals surface area contributed by atoms with Gasteiger partial charge in [-0.1, -0.05) is 23.7 Å². The average Bonchev–Trinajstić information content (AvgIpc) is 3.40. The zero-order valence-electron chi connectivity index (χ0n) is 16.2. The van der Waals surface area contributed by atoms with Crippen LogP contribution in [0.2, 0.25) is 5.02 Å². The zero-order valence-corrected chi connectivity index (χ0v) is 16.9. The molecular weight excluding hydrogens is 364 g/mol. The SMILES string of the molecule is CN(C(=O)OC(C)(C)C)C1(COc2cncc(-c3ccc(Cl)cc3)c2)CC1. The molecular formula is C21H25ClN2O3. The van der Waals surface area contributed by atoms with E-state index in [0.717, 1.165) is 24.0 Å². The van der Waals surface area contributed by atoms with Gasteiger partial charge in [-0.15, -0.1) is 0 Å². The fourth-order valence-electron chi connectivity index (χ4n) is 2.76. The van der Waals surface area contributed by atoms with Gasteiger partial charge in [0, 0.05) is 23.8 Å². The number of likely N-dealkylation sites (N-methyl/N-ethyl adjacent to an activating group) is 1. The summed E-state index contributed by atoms with van der Waals surface area (Å²) in [5, 5.41) is 0.694. The maximum atomic E-state index is 12.3. The van der Waals surface area contributed by atoms with Crippen LogP contribution in [0.3, 0.4) is 0 Å². The molecule has 0 bridgehead atoms. The van der Waals surface area contributed by atoms with Crippen LogP contribution in [-0.2, 0) is 4.74 Å². The van der Waals surface area contributed by atoms with Gasteiger partial charge in [0.05, 0.1) is 11.7 Å². The van der Waals surface area contributed by atoms with E-state index in [-0.39, 0.29) is 11.6 Å². The maximum Gasteiger partial charge on any atom is 0.410 e. The highest BCUT2D eigenvalue weighted by Crippen LogP contribution is 2.42. The summed E-state index contributed by atoms with van der Waals surface area (Å²) in [4.78, 5) is 18.3. The van der Waals surface area contributed by atoms with Crippen molar-refractivity contribution in [1.82, 2.24) is 9.88 Å². The molecule has 0 aliphatic heterocycles. The van der Waals surface area contributed by atoms with Crippen LogP contribution >= 0.6 is 11.6 Å². The van der Waals surface area contributed by atoms with Gasteiger partial charge in [0.15, 0.2) is 0 Å². The molecule has 144 valence electrons. The van der Waals surface area contributed by atoms with Crippen LogP contribution < -0.4 is 4.74 Å². The Bertz CT molecular complexity index is 811. The molecule has 0 N–H and O–H groups in total. The van der Waals surface area contributed by atoms with Gasteiger partial charge in [0.1, 0.15) is 18.0 Å². The summed E-state index contributed by atoms with van der Waals surface area (Å²) in [5.74, 6) is 0.673. The first-order valence-electron chi connectivity index (χ1n) is 8.99. The molecule has 1 aromatic heterocycles. The molecule has 1 heterocycles. The number of rotatable bonds is 5. The molecule has 0 spiro atoms. The van der Waals surface area contributed by atoms with E-state index in [1.807, 2.05) is 51.1 Å². The summed E-state index contributed by atoms with van der Waals surface area (Å²) in [6.07, 6.45) is 4.94. The summed E-state index contributed by atoms with van der Waals surface area (Å²) >= 11 is 5.95. The van der Waals surface area contributed by atoms with Gasteiger partial charge in [0.2, 0.25) is 0 Å². The van der Waals surface area contributed by atoms with Crippen molar-refractivity contribution in [2.24, 2.45) is 0 Å². The Hall–Kier alpha value is -2.27. The van der Waals surface area contributed by atoms with E-state index in [9.17, 15) is 4.79 Å². The fourth-order valence-corrected chi connectivity index (χ4v) is 2.89. The topological polar surface area (TPSA) is 51.7 Å². The van der Waals surface area contributed by atoms with E-state index in [1.54, 1.807) is 24.3 Å². The van der Waals surface area contributed by atoms with Crippen LogP contribution in [0.15, 0.2) is 42.7 Å². The summed E-state index contributed by atoms with van der Waals surface area (Å²) in [6, 6.07) is 9.53. The highest BCUT2D eigenvalue weighted by molar-refractivity contribution is 6.30. The molecule has 3 rings (SSSR count). The van der Waals surface area contributed by atoms with Crippen LogP contribution in [0.5, 0.6) is 5.75 Å². The standard InChI is InChI=1S/C21H25ClN2O3/c1-20(2,3)27-19(25)24(4)21(9-10-21)14-26-18-11-16(12-23-13-18)15-5-7-17(22)8-6-15/h5-8,11-13H,9-10,14H2,1-4H3. The Morgan fingerprint density at radius 2 is 1.85 bits per heavy atom. The van der Waals surface area contributed by atoms with E-state index >= 15 is 0 Å². The zero-order chi connectivity index (χ0) is 19.7. The molecule has 1 aliphatic rings. The van der Waals surface area contributed by atoms with Crippen molar-refractivity contribution >= 4 is 17.7 Å². The fraction of sp³-hybridized carbons (Fsp3) is 0.429. The highest BCUT2D eigenvalue weighted by Gasteiger charge is 2.50. The van der Waals surface area contributed by atoms with Crippen molar-refractivity contribution in [1.29, 1.82) is 0 Å². The van der Waals surface area contributed by atoms with Gasteiger partial charge in [0.25, 0.3) is 0 Å². The lowest BCUT2D eigenvalue weighted by molar-refractivity contribution is 0.0139. The number of hydrogen-bond donors (Lipinski definition) is 0. The number of amides is 1. The third-order valence-corrected chi connectivity index (χ3v) is 4.86. The normalized spacial score (nSPS) is 15.1. The molecule has 1 saturated carbocycles. The molecule has 2 aromatic rings. The number of carbonyl (C=O) groups is 1. The Kier molecular flexibility index (Phi) is 5.33. The molecule has 1 aliphatic carbocycles. The van der Waals surface area contributed by atoms with Gasteiger partial charge in [-0.3, -0.25) is 4.98 Å². The Morgan fingerprint density at radius 3 is 2.44 bits per heavy atom. The monoisotopic (exact) mass is 388 g/mol. The lowest BCUT2D eigenvalue weighted by atomic mass is 10.1. The van der Waals surface area contributed by atoms with E-state index in [1.165, 1.54) is 0 Å². The average molecular weight is 389 g/mol. The van der Waals surface area contributed by atoms with Crippen molar-refractivity contribution in [3.63, 3.8) is 0 Å². The predicted octanol–water partition coefficient (Wildman–Crippen LogP) is 5.18. The van der Waals surface area contributed by atoms with Crippen molar-refractivity contribution < 1.29 is 14.3 Å². The molecule has 0 atom stereocenters. The minimum atomic E-state index is -0.515. The van der Waals surface area contributed by atoms with Crippen molar-refractivity contribution in [2.45, 2.75) is 44.8 Å². The first-order chi connectivity index (χ1) is 12.7. The van der Waals surface area contributed by atoms with Gasteiger partial charge in [-0.2, -0.15) is 0 Å². The van der Waals surface area contributed by atoms with Crippen LogP contribution in [0.1, 0.15) is 33.6 Å². The Balaban J connectivity index is 1.65. The van der Waals surface area contributed by atoms with Crippen molar-refractivity contribution in [3.05, 3.63) is 47.7 Å². The van der Waals surface area contributed by atoms with Crippen LogP contribution in [-0.4, -0.2) is 40.8 Å². The predicted molar refractivity (Wildman–Crippen MR) is 106 cm³/mol. The lowest BCUT2D eigenvalue weighted by Gasteiger charge is -2.30. The van der Waals surface area contributed by atoms with Crippen molar-refractivity contribution in [3.8, 4) is 16.9 Å². The number of carbonyl (C=O) groups excluding carboxylic acids is 1. The number of pyridine rings is 1. The largest absolute Gasteiger partial charge is 0.490 e. The number of nitrogens with zero attached hydrogens (tertiary/aromatic N) is 2. The molecule has 0 radical (unpaired) electrons. The second-order valence-corrected chi connectivity index (χ2v) is 8.41. The van der Waals surface area contributed by atoms with Gasteiger partial charge in [-0.25, -0.2) is 4.79 Å². The van der Waals surface area contributed by atoms with Crippen LogP contribution in [0.4, 0.5) is 4.79 Å². The summed E-state index contributed by atoms with van der Waals surface area (Å²) < 4.78 is 11.5. The molecule has 6 heteroatoms. The number of ether oxygens (including phenoxy) is 2. The molecule has 27 heavy (non-hydrogen) atoms. The lowest BCUT2D eigenvalue weighted by Crippen LogP contribution is -2.45. The summed E-state index contributed by atoms with van der Waals surface area (Å²) in [7, 11) is 1.77. The van der Waals surface area contributed by atoms with E-state index in [2.05, 4.69) is 4.98 Å². The van der Waals surface area contributed by atoms with Gasteiger partial charge in [-0.05, 0) is 57.4 Å². The Morgan fingerprint density at radius 1 is 1.19 bits per heavy atom. The van der Waals surface area contributed by atoms with E-state index in [4.69, 9.17) is 21.1 Å². The third-order valence-electron chi connectivity index (χ3n) is 4.60. The van der Waals surface area contributed by atoms with Gasteiger partial charge < -0.3 is 14.4 Å². The first-order valence-corrected chi connectivity index (χ1v) is 9.37. The second kappa shape index (κ2) is 7.39. The molecule has 0 unspecified atom stereocenters. The Labute approximate surface area is 165 Å². The highest BCUT2D eigenvalue weighted by atomic mass is 35.5. The first kappa shape index (κ1) is 19.5. The number of benzene rings is 1. The van der Waals surface area contributed by atoms with Crippen LogP contribution in [0, 0.1) is 0 Å².